The summed E-state index contributed by atoms with van der Waals surface area (Å²) in [5.41, 5.74) is 1.99. The Bertz CT molecular complexity index is 1330. The van der Waals surface area contributed by atoms with Gasteiger partial charge in [-0.05, 0) is 56.0 Å². The highest BCUT2D eigenvalue weighted by Crippen LogP contribution is 2.33. The summed E-state index contributed by atoms with van der Waals surface area (Å²) < 4.78 is 28.3. The van der Waals surface area contributed by atoms with Gasteiger partial charge in [-0.15, -0.1) is 0 Å². The van der Waals surface area contributed by atoms with Crippen molar-refractivity contribution in [2.24, 2.45) is 4.99 Å². The van der Waals surface area contributed by atoms with Gasteiger partial charge in [0.15, 0.2) is 7.11 Å². The molecule has 0 amide bonds. The predicted octanol–water partition coefficient (Wildman–Crippen LogP) is 5.91. The van der Waals surface area contributed by atoms with Crippen molar-refractivity contribution in [1.29, 1.82) is 0 Å². The minimum Gasteiger partial charge on any atom is -0.502 e. The summed E-state index contributed by atoms with van der Waals surface area (Å²) in [5.74, 6) is -0.301. The molecule has 13 heteroatoms. The van der Waals surface area contributed by atoms with E-state index in [2.05, 4.69) is 53.1 Å². The Balaban J connectivity index is 0.00000163. The van der Waals surface area contributed by atoms with Gasteiger partial charge in [0.05, 0.1) is 15.5 Å². The number of aromatic hydroxyl groups is 1. The minimum absolute atomic E-state index is 0.0124. The topological polar surface area (TPSA) is 134 Å². The van der Waals surface area contributed by atoms with E-state index >= 15 is 0 Å². The number of aromatic nitrogens is 2. The van der Waals surface area contributed by atoms with Crippen molar-refractivity contribution in [3.05, 3.63) is 68.8 Å². The standard InChI is InChI=1S/C21H20BrN5O5S.C2H6.CH4S/c1-4-16-9-13(2)24-21(25-16)26-33(30,31)18-7-5-17(6-8-18)23-12-14-10-15(22)11-19(20(14)28)27(29)32-3;2*1-2/h5-12H,4H2,1-3H3,(H-,23,24,25,26,28,29);1-2H3;2H,1H3/p+1. The van der Waals surface area contributed by atoms with Crippen molar-refractivity contribution in [1.82, 2.24) is 9.97 Å². The lowest BCUT2D eigenvalue weighted by Gasteiger charge is -2.08. The number of phenols is 1. The number of thiol groups is 1. The lowest BCUT2D eigenvalue weighted by atomic mass is 10.2. The molecule has 0 fully saturated rings. The number of hydrogen-bond donors (Lipinski definition) is 3. The molecule has 0 aliphatic heterocycles. The molecule has 1 heterocycles. The molecule has 0 saturated heterocycles. The third kappa shape index (κ3) is 9.09. The van der Waals surface area contributed by atoms with Gasteiger partial charge in [-0.2, -0.15) is 12.6 Å². The van der Waals surface area contributed by atoms with Crippen molar-refractivity contribution in [3.8, 4) is 5.75 Å². The fourth-order valence-corrected chi connectivity index (χ4v) is 4.24. The van der Waals surface area contributed by atoms with Crippen molar-refractivity contribution < 1.29 is 23.3 Å². The van der Waals surface area contributed by atoms with Crippen molar-refractivity contribution >= 4 is 62.1 Å². The van der Waals surface area contributed by atoms with Crippen LogP contribution in [0.4, 0.5) is 17.3 Å². The maximum atomic E-state index is 12.7. The Morgan fingerprint density at radius 2 is 1.78 bits per heavy atom. The number of aliphatic imine (C=N–C) groups is 1. The zero-order chi connectivity index (χ0) is 28.2. The van der Waals surface area contributed by atoms with Crippen LogP contribution in [0.15, 0.2) is 56.8 Å². The number of halogens is 1. The van der Waals surface area contributed by atoms with Crippen LogP contribution in [-0.4, -0.2) is 48.0 Å². The average Bonchev–Trinajstić information content (AvgIpc) is 2.90. The zero-order valence-electron chi connectivity index (χ0n) is 21.4. The SMILES string of the molecule is CC.CCc1cc(C)nc(NS(=O)(=O)c2ccc(N=Cc3cc(Br)cc([N+](=O)OC)c3O)cc2)n1.CS. The second kappa shape index (κ2) is 15.3. The number of nitrogens with zero attached hydrogens (tertiary/aromatic N) is 4. The van der Waals surface area contributed by atoms with E-state index in [0.717, 1.165) is 5.69 Å². The second-order valence-electron chi connectivity index (χ2n) is 6.84. The van der Waals surface area contributed by atoms with E-state index in [1.54, 1.807) is 25.3 Å². The molecule has 2 N–H and O–H groups in total. The fourth-order valence-electron chi connectivity index (χ4n) is 2.84. The molecular weight excluding hydrogens is 582 g/mol. The third-order valence-corrected chi connectivity index (χ3v) is 6.24. The molecule has 10 nitrogen and oxygen atoms in total. The second-order valence-corrected chi connectivity index (χ2v) is 9.44. The van der Waals surface area contributed by atoms with Crippen LogP contribution in [0, 0.1) is 11.8 Å². The van der Waals surface area contributed by atoms with Gasteiger partial charge < -0.3 is 5.11 Å². The van der Waals surface area contributed by atoms with Crippen LogP contribution in [0.2, 0.25) is 0 Å². The van der Waals surface area contributed by atoms with E-state index in [1.807, 2.05) is 20.8 Å². The Labute approximate surface area is 231 Å². The molecule has 0 atom stereocenters. The quantitative estimate of drug-likeness (QED) is 0.163. The number of anilines is 1. The van der Waals surface area contributed by atoms with Crippen LogP contribution in [0.3, 0.4) is 0 Å². The minimum atomic E-state index is -3.90. The van der Waals surface area contributed by atoms with Crippen LogP contribution >= 0.6 is 28.6 Å². The number of phenolic OH excluding ortho intramolecular Hbond substituents is 1. The van der Waals surface area contributed by atoms with Crippen LogP contribution in [0.5, 0.6) is 5.75 Å². The van der Waals surface area contributed by atoms with Crippen molar-refractivity contribution in [2.75, 3.05) is 18.1 Å². The molecule has 0 radical (unpaired) electrons. The van der Waals surface area contributed by atoms with Crippen molar-refractivity contribution in [3.63, 3.8) is 0 Å². The third-order valence-electron chi connectivity index (χ3n) is 4.44. The van der Waals surface area contributed by atoms with Gasteiger partial charge in [-0.3, -0.25) is 4.99 Å². The van der Waals surface area contributed by atoms with E-state index in [-0.39, 0.29) is 32.8 Å². The highest BCUT2D eigenvalue weighted by atomic mass is 79.9. The maximum Gasteiger partial charge on any atom is 0.359 e. The first-order chi connectivity index (χ1) is 17.6. The number of benzene rings is 2. The smallest absolute Gasteiger partial charge is 0.359 e. The molecule has 2 aromatic carbocycles. The lowest BCUT2D eigenvalue weighted by Crippen LogP contribution is -2.15. The van der Waals surface area contributed by atoms with Gasteiger partial charge in [0.25, 0.3) is 14.9 Å². The maximum absolute atomic E-state index is 12.7. The van der Waals surface area contributed by atoms with Gasteiger partial charge in [-0.25, -0.2) is 27.9 Å². The first kappa shape index (κ1) is 32.0. The van der Waals surface area contributed by atoms with Crippen LogP contribution in [0.1, 0.15) is 37.7 Å². The summed E-state index contributed by atoms with van der Waals surface area (Å²) >= 11 is 6.79. The Morgan fingerprint density at radius 1 is 1.16 bits per heavy atom. The molecule has 1 aromatic heterocycles. The Hall–Kier alpha value is -3.03. The highest BCUT2D eigenvalue weighted by molar-refractivity contribution is 9.10. The lowest BCUT2D eigenvalue weighted by molar-refractivity contribution is -0.737. The summed E-state index contributed by atoms with van der Waals surface area (Å²) in [4.78, 5) is 29.1. The van der Waals surface area contributed by atoms with Crippen molar-refractivity contribution in [2.45, 2.75) is 39.0 Å². The van der Waals surface area contributed by atoms with Gasteiger partial charge in [0.2, 0.25) is 11.7 Å². The Morgan fingerprint density at radius 3 is 2.35 bits per heavy atom. The molecule has 0 aliphatic rings. The molecular formula is C24H31BrN5O5S2+. The summed E-state index contributed by atoms with van der Waals surface area (Å²) in [7, 11) is -2.72. The van der Waals surface area contributed by atoms with Crippen LogP contribution < -0.4 is 4.72 Å². The molecule has 0 bridgehead atoms. The highest BCUT2D eigenvalue weighted by Gasteiger charge is 2.24. The molecule has 3 rings (SSSR count). The fraction of sp³-hybridized carbons (Fsp3) is 0.292. The van der Waals surface area contributed by atoms with E-state index in [4.69, 9.17) is 0 Å². The Kier molecular flexibility index (Phi) is 13.2. The summed E-state index contributed by atoms with van der Waals surface area (Å²) in [6, 6.07) is 10.6. The zero-order valence-corrected chi connectivity index (χ0v) is 24.7. The first-order valence-electron chi connectivity index (χ1n) is 11.1. The molecule has 0 spiro atoms. The van der Waals surface area contributed by atoms with Crippen LogP contribution in [-0.2, 0) is 21.3 Å². The summed E-state index contributed by atoms with van der Waals surface area (Å²) in [6.45, 7) is 7.68. The normalized spacial score (nSPS) is 10.6. The number of nitrogens with one attached hydrogen (secondary N) is 1. The first-order valence-corrected chi connectivity index (χ1v) is 14.3. The van der Waals surface area contributed by atoms with Gasteiger partial charge >= 0.3 is 5.69 Å². The molecule has 0 saturated carbocycles. The number of sulfonamides is 1. The van der Waals surface area contributed by atoms with Gasteiger partial charge in [0.1, 0.15) is 0 Å². The number of aryl methyl sites for hydroxylation is 2. The van der Waals surface area contributed by atoms with E-state index in [1.165, 1.54) is 43.7 Å². The monoisotopic (exact) mass is 612 g/mol. The predicted molar refractivity (Wildman–Crippen MR) is 153 cm³/mol. The molecule has 3 aromatic rings. The van der Waals surface area contributed by atoms with E-state index in [0.29, 0.717) is 22.3 Å². The number of rotatable bonds is 8. The van der Waals surface area contributed by atoms with Crippen LogP contribution in [0.25, 0.3) is 0 Å². The molecule has 37 heavy (non-hydrogen) atoms. The largest absolute Gasteiger partial charge is 0.502 e. The summed E-state index contributed by atoms with van der Waals surface area (Å²) in [6.07, 6.45) is 3.69. The van der Waals surface area contributed by atoms with E-state index in [9.17, 15) is 18.4 Å². The summed E-state index contributed by atoms with van der Waals surface area (Å²) in [5, 5.41) is 10.3. The van der Waals surface area contributed by atoms with Gasteiger partial charge in [-0.1, -0.05) is 36.7 Å². The molecule has 0 aliphatic carbocycles. The van der Waals surface area contributed by atoms with E-state index < -0.39 is 10.0 Å². The molecule has 200 valence electrons. The molecule has 0 unspecified atom stereocenters. The number of hydrogen-bond acceptors (Lipinski definition) is 9. The average molecular weight is 614 g/mol. The van der Waals surface area contributed by atoms with Gasteiger partial charge in [0, 0.05) is 33.7 Å².